The molecule has 0 amide bonds. The Morgan fingerprint density at radius 3 is 3.00 bits per heavy atom. The van der Waals surface area contributed by atoms with Gasteiger partial charge in [-0.25, -0.2) is 9.97 Å². The largest absolute Gasteiger partial charge is 0.387 e. The molecule has 1 aromatic carbocycles. The highest BCUT2D eigenvalue weighted by Crippen LogP contribution is 2.37. The fourth-order valence-electron chi connectivity index (χ4n) is 2.80. The number of hydrogen-bond donors (Lipinski definition) is 3. The van der Waals surface area contributed by atoms with E-state index in [0.717, 1.165) is 40.9 Å². The summed E-state index contributed by atoms with van der Waals surface area (Å²) in [7, 11) is 0. The molecule has 0 aliphatic carbocycles. The number of aliphatic hydroxyl groups is 1. The zero-order chi connectivity index (χ0) is 17.8. The van der Waals surface area contributed by atoms with Crippen LogP contribution in [0.4, 0.5) is 5.82 Å². The third-order valence-electron chi connectivity index (χ3n) is 4.26. The Bertz CT molecular complexity index is 747. The van der Waals surface area contributed by atoms with E-state index in [1.54, 1.807) is 12.3 Å². The van der Waals surface area contributed by atoms with E-state index >= 15 is 0 Å². The van der Waals surface area contributed by atoms with Crippen molar-refractivity contribution in [2.24, 2.45) is 5.92 Å². The summed E-state index contributed by atoms with van der Waals surface area (Å²) in [6.07, 6.45) is 2.45. The average molecular weight is 400 g/mol. The second kappa shape index (κ2) is 8.56. The first-order chi connectivity index (χ1) is 12.0. The van der Waals surface area contributed by atoms with E-state index in [1.165, 1.54) is 11.8 Å². The third-order valence-corrected chi connectivity index (χ3v) is 6.35. The minimum atomic E-state index is -0.268. The highest BCUT2D eigenvalue weighted by molar-refractivity contribution is 7.99. The quantitative estimate of drug-likeness (QED) is 0.720. The lowest BCUT2D eigenvalue weighted by Gasteiger charge is -2.26. The van der Waals surface area contributed by atoms with Crippen LogP contribution in [0.3, 0.4) is 0 Å². The van der Waals surface area contributed by atoms with E-state index in [1.807, 2.05) is 19.1 Å². The van der Waals surface area contributed by atoms with Crippen molar-refractivity contribution in [2.75, 3.05) is 25.0 Å². The summed E-state index contributed by atoms with van der Waals surface area (Å²) in [4.78, 5) is 9.92. The summed E-state index contributed by atoms with van der Waals surface area (Å²) in [5, 5.41) is 17.3. The number of anilines is 1. The van der Waals surface area contributed by atoms with Crippen LogP contribution in [-0.2, 0) is 0 Å². The van der Waals surface area contributed by atoms with Gasteiger partial charge in [-0.15, -0.1) is 0 Å². The fourth-order valence-corrected chi connectivity index (χ4v) is 4.13. The van der Waals surface area contributed by atoms with Gasteiger partial charge in [-0.2, -0.15) is 0 Å². The van der Waals surface area contributed by atoms with Crippen LogP contribution in [0.25, 0.3) is 0 Å². The van der Waals surface area contributed by atoms with Crippen molar-refractivity contribution in [1.29, 1.82) is 0 Å². The molecular formula is C17H21Cl2N4OS+. The topological polar surface area (TPSA) is 74.7 Å². The van der Waals surface area contributed by atoms with Crippen LogP contribution in [0.5, 0.6) is 0 Å². The van der Waals surface area contributed by atoms with Crippen molar-refractivity contribution in [3.63, 3.8) is 0 Å². The Kier molecular flexibility index (Phi) is 6.41. The van der Waals surface area contributed by atoms with E-state index in [0.29, 0.717) is 16.6 Å². The monoisotopic (exact) mass is 399 g/mol. The van der Waals surface area contributed by atoms with Gasteiger partial charge in [0.25, 0.3) is 0 Å². The van der Waals surface area contributed by atoms with Gasteiger partial charge >= 0.3 is 0 Å². The van der Waals surface area contributed by atoms with Crippen molar-refractivity contribution in [1.82, 2.24) is 9.97 Å². The van der Waals surface area contributed by atoms with Crippen molar-refractivity contribution in [2.45, 2.75) is 29.4 Å². The summed E-state index contributed by atoms with van der Waals surface area (Å²) in [6.45, 7) is 4.45. The van der Waals surface area contributed by atoms with Crippen LogP contribution < -0.4 is 10.6 Å². The first-order valence-corrected chi connectivity index (χ1v) is 9.81. The highest BCUT2D eigenvalue weighted by atomic mass is 35.5. The molecule has 3 rings (SSSR count). The lowest BCUT2D eigenvalue weighted by atomic mass is 9.95. The molecule has 2 atom stereocenters. The number of aryl methyl sites for hydroxylation is 1. The van der Waals surface area contributed by atoms with Crippen molar-refractivity contribution in [3.8, 4) is 0 Å². The number of quaternary nitrogens is 1. The van der Waals surface area contributed by atoms with Crippen LogP contribution >= 0.6 is 35.0 Å². The maximum absolute atomic E-state index is 10.0. The van der Waals surface area contributed by atoms with Gasteiger partial charge in [0.2, 0.25) is 0 Å². The Balaban J connectivity index is 1.65. The Morgan fingerprint density at radius 1 is 1.40 bits per heavy atom. The number of benzene rings is 1. The molecule has 0 radical (unpaired) electrons. The Labute approximate surface area is 161 Å². The maximum atomic E-state index is 10.0. The first kappa shape index (κ1) is 18.7. The molecule has 2 aromatic rings. The lowest BCUT2D eigenvalue weighted by Crippen LogP contribution is -2.89. The number of nitrogens with zero attached hydrogens (tertiary/aromatic N) is 2. The van der Waals surface area contributed by atoms with E-state index in [2.05, 4.69) is 20.6 Å². The summed E-state index contributed by atoms with van der Waals surface area (Å²) < 4.78 is 0. The van der Waals surface area contributed by atoms with E-state index in [9.17, 15) is 5.11 Å². The molecule has 1 aliphatic rings. The second-order valence-corrected chi connectivity index (χ2v) is 7.93. The maximum Gasteiger partial charge on any atom is 0.144 e. The average Bonchev–Trinajstić information content (AvgIpc) is 2.60. The van der Waals surface area contributed by atoms with Gasteiger partial charge in [-0.1, -0.05) is 41.0 Å². The molecule has 1 fully saturated rings. The molecule has 1 aromatic heterocycles. The van der Waals surface area contributed by atoms with Gasteiger partial charge in [0.15, 0.2) is 0 Å². The number of rotatable bonds is 5. The molecule has 2 heterocycles. The van der Waals surface area contributed by atoms with E-state index < -0.39 is 0 Å². The predicted molar refractivity (Wildman–Crippen MR) is 102 cm³/mol. The fraction of sp³-hybridized carbons (Fsp3) is 0.412. The van der Waals surface area contributed by atoms with Crippen LogP contribution in [0.1, 0.15) is 12.1 Å². The predicted octanol–water partition coefficient (Wildman–Crippen LogP) is 2.60. The van der Waals surface area contributed by atoms with E-state index in [4.69, 9.17) is 23.2 Å². The van der Waals surface area contributed by atoms with Crippen LogP contribution in [-0.4, -0.2) is 40.8 Å². The molecule has 0 saturated carbocycles. The molecular weight excluding hydrogens is 379 g/mol. The molecule has 134 valence electrons. The van der Waals surface area contributed by atoms with Crippen molar-refractivity contribution < 1.29 is 10.4 Å². The summed E-state index contributed by atoms with van der Waals surface area (Å²) in [5.41, 5.74) is 0.823. The Morgan fingerprint density at radius 2 is 2.24 bits per heavy atom. The minimum absolute atomic E-state index is 0.256. The Hall–Kier alpha value is -1.05. The molecule has 5 nitrogen and oxygen atoms in total. The molecule has 8 heteroatoms. The molecule has 0 bridgehead atoms. The van der Waals surface area contributed by atoms with Crippen molar-refractivity contribution >= 4 is 40.8 Å². The van der Waals surface area contributed by atoms with Gasteiger partial charge in [-0.05, 0) is 19.1 Å². The number of piperidine rings is 1. The van der Waals surface area contributed by atoms with Crippen LogP contribution in [0.15, 0.2) is 34.3 Å². The number of halogens is 2. The molecule has 2 unspecified atom stereocenters. The molecule has 1 aliphatic heterocycles. The van der Waals surface area contributed by atoms with Gasteiger partial charge < -0.3 is 15.7 Å². The number of nitrogens with two attached hydrogens (primary N) is 1. The second-order valence-electron chi connectivity index (χ2n) is 6.11. The molecule has 0 spiro atoms. The first-order valence-electron chi connectivity index (χ1n) is 8.23. The standard InChI is InChI=1S/C17H20Cl2N4OS/c1-10-17(25-14-4-2-3-12(18)16(14)19)22-9-15(23-10)21-7-11-5-6-20-8-13(11)24/h2-4,9,11,13,20,24H,5-8H2,1H3,(H,21,23)/p+1. The molecule has 4 N–H and O–H groups in total. The smallest absolute Gasteiger partial charge is 0.144 e. The molecule has 25 heavy (non-hydrogen) atoms. The van der Waals surface area contributed by atoms with E-state index in [-0.39, 0.29) is 12.0 Å². The third kappa shape index (κ3) is 4.77. The van der Waals surface area contributed by atoms with Crippen LogP contribution in [0.2, 0.25) is 10.0 Å². The SMILES string of the molecule is Cc1nc(NCC2CC[NH2+]CC2O)cnc1Sc1cccc(Cl)c1Cl. The van der Waals surface area contributed by atoms with Crippen LogP contribution in [0, 0.1) is 12.8 Å². The van der Waals surface area contributed by atoms with Gasteiger partial charge in [-0.3, -0.25) is 0 Å². The van der Waals surface area contributed by atoms with Gasteiger partial charge in [0.05, 0.1) is 28.5 Å². The number of nitrogens with one attached hydrogen (secondary N) is 1. The number of aromatic nitrogens is 2. The van der Waals surface area contributed by atoms with Gasteiger partial charge in [0.1, 0.15) is 23.5 Å². The summed E-state index contributed by atoms with van der Waals surface area (Å²) in [5.74, 6) is 0.979. The minimum Gasteiger partial charge on any atom is -0.387 e. The van der Waals surface area contributed by atoms with Crippen molar-refractivity contribution in [3.05, 3.63) is 40.1 Å². The zero-order valence-corrected chi connectivity index (χ0v) is 16.2. The number of aliphatic hydroxyl groups excluding tert-OH is 1. The van der Waals surface area contributed by atoms with Gasteiger partial charge in [0, 0.05) is 23.8 Å². The number of hydrogen-bond acceptors (Lipinski definition) is 5. The molecule has 1 saturated heterocycles. The normalized spacial score (nSPS) is 20.5. The lowest BCUT2D eigenvalue weighted by molar-refractivity contribution is -0.672. The zero-order valence-electron chi connectivity index (χ0n) is 13.9. The highest BCUT2D eigenvalue weighted by Gasteiger charge is 2.25. The summed E-state index contributed by atoms with van der Waals surface area (Å²) >= 11 is 13.7. The summed E-state index contributed by atoms with van der Waals surface area (Å²) in [6, 6.07) is 5.53.